The van der Waals surface area contributed by atoms with Gasteiger partial charge < -0.3 is 4.90 Å². The quantitative estimate of drug-likeness (QED) is 0.768. The summed E-state index contributed by atoms with van der Waals surface area (Å²) in [5.74, 6) is 1.95. The number of anilines is 1. The number of rotatable bonds is 1. The van der Waals surface area contributed by atoms with Gasteiger partial charge in [0.2, 0.25) is 0 Å². The van der Waals surface area contributed by atoms with Gasteiger partial charge in [-0.05, 0) is 37.8 Å². The van der Waals surface area contributed by atoms with Gasteiger partial charge in [-0.2, -0.15) is 0 Å². The Morgan fingerprint density at radius 2 is 1.94 bits per heavy atom. The lowest BCUT2D eigenvalue weighted by Gasteiger charge is -2.31. The van der Waals surface area contributed by atoms with Gasteiger partial charge in [0.15, 0.2) is 0 Å². The normalized spacial score (nSPS) is 17.3. The first kappa shape index (κ1) is 11.5. The maximum absolute atomic E-state index is 4.51. The zero-order valence-electron chi connectivity index (χ0n) is 11.1. The lowest BCUT2D eigenvalue weighted by atomic mass is 9.99. The van der Waals surface area contributed by atoms with Gasteiger partial charge in [0.05, 0.1) is 5.52 Å². The van der Waals surface area contributed by atoms with E-state index in [4.69, 9.17) is 0 Å². The van der Waals surface area contributed by atoms with E-state index in [1.54, 1.807) is 6.33 Å². The molecular formula is C15H19N3. The second-order valence-corrected chi connectivity index (χ2v) is 5.39. The molecule has 0 bridgehead atoms. The number of aryl methyl sites for hydroxylation is 1. The van der Waals surface area contributed by atoms with E-state index in [1.165, 1.54) is 23.8 Å². The summed E-state index contributed by atoms with van der Waals surface area (Å²) in [7, 11) is 0. The summed E-state index contributed by atoms with van der Waals surface area (Å²) in [4.78, 5) is 11.3. The van der Waals surface area contributed by atoms with Crippen molar-refractivity contribution in [3.8, 4) is 0 Å². The average Bonchev–Trinajstić information content (AvgIpc) is 2.39. The van der Waals surface area contributed by atoms with Crippen molar-refractivity contribution in [2.75, 3.05) is 18.0 Å². The minimum absolute atomic E-state index is 0.844. The Hall–Kier alpha value is -1.64. The molecule has 1 aromatic carbocycles. The zero-order valence-corrected chi connectivity index (χ0v) is 11.1. The molecular weight excluding hydrogens is 222 g/mol. The zero-order chi connectivity index (χ0) is 12.5. The molecule has 3 heteroatoms. The Bertz CT molecular complexity index is 557. The van der Waals surface area contributed by atoms with Crippen molar-refractivity contribution in [2.45, 2.75) is 26.7 Å². The number of aromatic nitrogens is 2. The van der Waals surface area contributed by atoms with Crippen molar-refractivity contribution in [1.29, 1.82) is 0 Å². The van der Waals surface area contributed by atoms with Crippen LogP contribution in [-0.2, 0) is 0 Å². The highest BCUT2D eigenvalue weighted by Gasteiger charge is 2.18. The lowest BCUT2D eigenvalue weighted by molar-refractivity contribution is 0.437. The molecule has 94 valence electrons. The third-order valence-corrected chi connectivity index (χ3v) is 3.85. The highest BCUT2D eigenvalue weighted by Crippen LogP contribution is 2.27. The lowest BCUT2D eigenvalue weighted by Crippen LogP contribution is -2.33. The maximum Gasteiger partial charge on any atom is 0.139 e. The van der Waals surface area contributed by atoms with Gasteiger partial charge in [0.1, 0.15) is 12.1 Å². The van der Waals surface area contributed by atoms with Crippen LogP contribution in [0.3, 0.4) is 0 Å². The van der Waals surface area contributed by atoms with Gasteiger partial charge in [-0.15, -0.1) is 0 Å². The van der Waals surface area contributed by atoms with Gasteiger partial charge in [-0.1, -0.05) is 18.6 Å². The molecule has 0 radical (unpaired) electrons. The monoisotopic (exact) mass is 241 g/mol. The number of hydrogen-bond acceptors (Lipinski definition) is 3. The van der Waals surface area contributed by atoms with Crippen molar-refractivity contribution >= 4 is 16.7 Å². The smallest absolute Gasteiger partial charge is 0.139 e. The molecule has 0 spiro atoms. The number of piperidine rings is 1. The van der Waals surface area contributed by atoms with E-state index in [0.29, 0.717) is 0 Å². The molecule has 1 aliphatic rings. The number of benzene rings is 1. The third-order valence-electron chi connectivity index (χ3n) is 3.85. The van der Waals surface area contributed by atoms with Crippen LogP contribution in [0.4, 0.5) is 5.82 Å². The van der Waals surface area contributed by atoms with Crippen LogP contribution in [0.1, 0.15) is 25.3 Å². The largest absolute Gasteiger partial charge is 0.356 e. The first-order valence-electron chi connectivity index (χ1n) is 6.70. The highest BCUT2D eigenvalue weighted by molar-refractivity contribution is 5.89. The van der Waals surface area contributed by atoms with E-state index in [-0.39, 0.29) is 0 Å². The molecule has 1 aromatic heterocycles. The van der Waals surface area contributed by atoms with E-state index in [9.17, 15) is 0 Å². The molecule has 0 amide bonds. The van der Waals surface area contributed by atoms with E-state index >= 15 is 0 Å². The average molecular weight is 241 g/mol. The molecule has 1 saturated heterocycles. The molecule has 3 rings (SSSR count). The molecule has 0 unspecified atom stereocenters. The predicted octanol–water partition coefficient (Wildman–Crippen LogP) is 3.17. The van der Waals surface area contributed by atoms with Gasteiger partial charge >= 0.3 is 0 Å². The number of hydrogen-bond donors (Lipinski definition) is 0. The number of nitrogens with zero attached hydrogens (tertiary/aromatic N) is 3. The van der Waals surface area contributed by atoms with Crippen LogP contribution < -0.4 is 4.90 Å². The minimum atomic E-state index is 0.844. The Balaban J connectivity index is 2.03. The maximum atomic E-state index is 4.51. The molecule has 0 N–H and O–H groups in total. The van der Waals surface area contributed by atoms with Crippen molar-refractivity contribution in [3.05, 3.63) is 30.1 Å². The van der Waals surface area contributed by atoms with Gasteiger partial charge in [0, 0.05) is 18.5 Å². The third kappa shape index (κ3) is 2.05. The van der Waals surface area contributed by atoms with Crippen LogP contribution in [-0.4, -0.2) is 23.1 Å². The minimum Gasteiger partial charge on any atom is -0.356 e. The van der Waals surface area contributed by atoms with Crippen LogP contribution in [0.5, 0.6) is 0 Å². The van der Waals surface area contributed by atoms with Crippen LogP contribution in [0.2, 0.25) is 0 Å². The van der Waals surface area contributed by atoms with Gasteiger partial charge in [-0.25, -0.2) is 9.97 Å². The Morgan fingerprint density at radius 1 is 1.17 bits per heavy atom. The Morgan fingerprint density at radius 3 is 2.72 bits per heavy atom. The second-order valence-electron chi connectivity index (χ2n) is 5.39. The summed E-state index contributed by atoms with van der Waals surface area (Å²) in [6.07, 6.45) is 4.21. The van der Waals surface area contributed by atoms with Gasteiger partial charge in [0.25, 0.3) is 0 Å². The first-order valence-corrected chi connectivity index (χ1v) is 6.70. The van der Waals surface area contributed by atoms with Crippen molar-refractivity contribution in [3.63, 3.8) is 0 Å². The summed E-state index contributed by atoms with van der Waals surface area (Å²) in [5, 5.41) is 1.19. The van der Waals surface area contributed by atoms with Crippen LogP contribution in [0, 0.1) is 12.8 Å². The second kappa shape index (κ2) is 4.56. The van der Waals surface area contributed by atoms with E-state index in [2.05, 4.69) is 46.9 Å². The fourth-order valence-corrected chi connectivity index (χ4v) is 2.63. The summed E-state index contributed by atoms with van der Waals surface area (Å²) < 4.78 is 0. The summed E-state index contributed by atoms with van der Waals surface area (Å²) >= 11 is 0. The summed E-state index contributed by atoms with van der Waals surface area (Å²) in [5.41, 5.74) is 2.31. The molecule has 1 fully saturated rings. The Labute approximate surface area is 108 Å². The fraction of sp³-hybridized carbons (Fsp3) is 0.467. The first-order chi connectivity index (χ1) is 8.74. The molecule has 3 nitrogen and oxygen atoms in total. The van der Waals surface area contributed by atoms with Crippen LogP contribution >= 0.6 is 0 Å². The SMILES string of the molecule is Cc1ccc2ncnc(N3CCC(C)CC3)c2c1. The molecule has 2 aromatic rings. The molecule has 0 atom stereocenters. The Kier molecular flexibility index (Phi) is 2.90. The fourth-order valence-electron chi connectivity index (χ4n) is 2.63. The molecule has 0 saturated carbocycles. The van der Waals surface area contributed by atoms with E-state index in [0.717, 1.165) is 30.3 Å². The van der Waals surface area contributed by atoms with Crippen molar-refractivity contribution in [2.24, 2.45) is 5.92 Å². The molecule has 0 aliphatic carbocycles. The molecule has 1 aliphatic heterocycles. The standard InChI is InChI=1S/C15H19N3/c1-11-5-7-18(8-6-11)15-13-9-12(2)3-4-14(13)16-10-17-15/h3-4,9-11H,5-8H2,1-2H3. The van der Waals surface area contributed by atoms with Crippen molar-refractivity contribution in [1.82, 2.24) is 9.97 Å². The highest BCUT2D eigenvalue weighted by atomic mass is 15.2. The molecule has 2 heterocycles. The topological polar surface area (TPSA) is 29.0 Å². The predicted molar refractivity (Wildman–Crippen MR) is 74.9 cm³/mol. The summed E-state index contributed by atoms with van der Waals surface area (Å²) in [6.45, 7) is 6.68. The van der Waals surface area contributed by atoms with E-state index in [1.807, 2.05) is 0 Å². The van der Waals surface area contributed by atoms with Crippen molar-refractivity contribution < 1.29 is 0 Å². The number of fused-ring (bicyclic) bond motifs is 1. The van der Waals surface area contributed by atoms with Gasteiger partial charge in [-0.3, -0.25) is 0 Å². The summed E-state index contributed by atoms with van der Waals surface area (Å²) in [6, 6.07) is 6.39. The molecule has 18 heavy (non-hydrogen) atoms. The van der Waals surface area contributed by atoms with Crippen LogP contribution in [0.25, 0.3) is 10.9 Å². The van der Waals surface area contributed by atoms with Crippen LogP contribution in [0.15, 0.2) is 24.5 Å². The van der Waals surface area contributed by atoms with E-state index < -0.39 is 0 Å².